The maximum absolute atomic E-state index is 6.01. The van der Waals surface area contributed by atoms with Crippen molar-refractivity contribution in [1.82, 2.24) is 4.90 Å². The molecular formula is C18H20ClN. The molecule has 3 rings (SSSR count). The van der Waals surface area contributed by atoms with Gasteiger partial charge in [-0.3, -0.25) is 0 Å². The first kappa shape index (κ1) is 13.7. The second-order valence-corrected chi connectivity index (χ2v) is 6.23. The van der Waals surface area contributed by atoms with Crippen molar-refractivity contribution in [2.24, 2.45) is 0 Å². The molecule has 0 fully saturated rings. The molecule has 2 heteroatoms. The molecule has 0 radical (unpaired) electrons. The molecule has 0 unspecified atom stereocenters. The van der Waals surface area contributed by atoms with E-state index in [0.717, 1.165) is 5.02 Å². The summed E-state index contributed by atoms with van der Waals surface area (Å²) in [5, 5.41) is 0.809. The summed E-state index contributed by atoms with van der Waals surface area (Å²) in [6, 6.07) is 17.7. The highest BCUT2D eigenvalue weighted by atomic mass is 35.5. The number of hydrogen-bond acceptors (Lipinski definition) is 1. The molecule has 20 heavy (non-hydrogen) atoms. The van der Waals surface area contributed by atoms with Crippen LogP contribution in [0.3, 0.4) is 0 Å². The van der Waals surface area contributed by atoms with Gasteiger partial charge in [0.05, 0.1) is 0 Å². The highest BCUT2D eigenvalue weighted by Crippen LogP contribution is 2.42. The van der Waals surface area contributed by atoms with Crippen molar-refractivity contribution in [1.29, 1.82) is 0 Å². The third kappa shape index (κ3) is 2.48. The van der Waals surface area contributed by atoms with Crippen LogP contribution in [0.25, 0.3) is 0 Å². The summed E-state index contributed by atoms with van der Waals surface area (Å²) < 4.78 is 0. The molecule has 0 N–H and O–H groups in total. The summed E-state index contributed by atoms with van der Waals surface area (Å²) >= 11 is 6.01. The Morgan fingerprint density at radius 1 is 0.900 bits per heavy atom. The van der Waals surface area contributed by atoms with Crippen LogP contribution in [0.5, 0.6) is 0 Å². The number of hydrogen-bond donors (Lipinski definition) is 0. The fourth-order valence-corrected chi connectivity index (χ4v) is 3.47. The monoisotopic (exact) mass is 285 g/mol. The molecule has 0 aliphatic heterocycles. The van der Waals surface area contributed by atoms with Gasteiger partial charge in [-0.05, 0) is 55.8 Å². The van der Waals surface area contributed by atoms with Gasteiger partial charge in [-0.15, -0.1) is 0 Å². The van der Waals surface area contributed by atoms with E-state index in [2.05, 4.69) is 55.4 Å². The highest BCUT2D eigenvalue weighted by molar-refractivity contribution is 6.30. The third-order valence-electron chi connectivity index (χ3n) is 4.35. The number of fused-ring (bicyclic) bond motifs is 1. The average Bonchev–Trinajstić information content (AvgIpc) is 2.47. The minimum Gasteiger partial charge on any atom is -0.302 e. The summed E-state index contributed by atoms with van der Waals surface area (Å²) in [6.07, 6.45) is 2.40. The molecule has 0 heterocycles. The predicted molar refractivity (Wildman–Crippen MR) is 85.4 cm³/mol. The second kappa shape index (κ2) is 5.59. The van der Waals surface area contributed by atoms with E-state index in [1.54, 1.807) is 0 Å². The Balaban J connectivity index is 2.02. The minimum absolute atomic E-state index is 0.500. The number of benzene rings is 2. The van der Waals surface area contributed by atoms with Crippen LogP contribution in [0.4, 0.5) is 0 Å². The van der Waals surface area contributed by atoms with Crippen LogP contribution < -0.4 is 0 Å². The van der Waals surface area contributed by atoms with E-state index in [0.29, 0.717) is 12.0 Å². The number of nitrogens with zero attached hydrogens (tertiary/aromatic N) is 1. The lowest BCUT2D eigenvalue weighted by Gasteiger charge is -2.35. The van der Waals surface area contributed by atoms with Gasteiger partial charge in [0.25, 0.3) is 0 Å². The molecule has 0 amide bonds. The Bertz CT molecular complexity index is 589. The van der Waals surface area contributed by atoms with Gasteiger partial charge in [-0.1, -0.05) is 48.0 Å². The number of halogens is 1. The van der Waals surface area contributed by atoms with Gasteiger partial charge < -0.3 is 4.90 Å². The zero-order valence-electron chi connectivity index (χ0n) is 12.0. The molecule has 1 aliphatic rings. The van der Waals surface area contributed by atoms with Gasteiger partial charge >= 0.3 is 0 Å². The molecular weight excluding hydrogens is 266 g/mol. The van der Waals surface area contributed by atoms with Crippen molar-refractivity contribution in [2.75, 3.05) is 14.1 Å². The summed E-state index contributed by atoms with van der Waals surface area (Å²) in [7, 11) is 4.34. The van der Waals surface area contributed by atoms with E-state index in [4.69, 9.17) is 11.6 Å². The lowest BCUT2D eigenvalue weighted by atomic mass is 9.76. The first-order valence-electron chi connectivity index (χ1n) is 7.17. The van der Waals surface area contributed by atoms with E-state index in [9.17, 15) is 0 Å². The normalized spacial score (nSPS) is 21.8. The lowest BCUT2D eigenvalue weighted by molar-refractivity contribution is 0.263. The SMILES string of the molecule is CN(C)[C@H]1CC[C@@H](c2ccc(Cl)cc2)c2ccccc21. The van der Waals surface area contributed by atoms with Gasteiger partial charge in [0, 0.05) is 17.0 Å². The van der Waals surface area contributed by atoms with Crippen LogP contribution in [0.1, 0.15) is 41.5 Å². The highest BCUT2D eigenvalue weighted by Gasteiger charge is 2.28. The lowest BCUT2D eigenvalue weighted by Crippen LogP contribution is -2.26. The molecule has 2 aromatic carbocycles. The largest absolute Gasteiger partial charge is 0.302 e. The van der Waals surface area contributed by atoms with Crippen molar-refractivity contribution in [2.45, 2.75) is 24.8 Å². The second-order valence-electron chi connectivity index (χ2n) is 5.79. The minimum atomic E-state index is 0.500. The molecule has 0 spiro atoms. The summed E-state index contributed by atoms with van der Waals surface area (Å²) in [5.74, 6) is 0.500. The van der Waals surface area contributed by atoms with E-state index in [-0.39, 0.29) is 0 Å². The van der Waals surface area contributed by atoms with E-state index in [1.165, 1.54) is 29.5 Å². The molecule has 104 valence electrons. The predicted octanol–water partition coefficient (Wildman–Crippen LogP) is 4.87. The zero-order valence-corrected chi connectivity index (χ0v) is 12.8. The first-order valence-corrected chi connectivity index (χ1v) is 7.55. The number of rotatable bonds is 2. The molecule has 0 saturated carbocycles. The average molecular weight is 286 g/mol. The smallest absolute Gasteiger partial charge is 0.0406 e. The Morgan fingerprint density at radius 3 is 2.20 bits per heavy atom. The molecule has 2 aromatic rings. The summed E-state index contributed by atoms with van der Waals surface area (Å²) in [4.78, 5) is 2.33. The Morgan fingerprint density at radius 2 is 1.55 bits per heavy atom. The van der Waals surface area contributed by atoms with Crippen molar-refractivity contribution in [3.8, 4) is 0 Å². The molecule has 0 bridgehead atoms. The zero-order chi connectivity index (χ0) is 14.1. The van der Waals surface area contributed by atoms with E-state index in [1.807, 2.05) is 12.1 Å². The molecule has 0 saturated heterocycles. The molecule has 1 nitrogen and oxygen atoms in total. The van der Waals surface area contributed by atoms with Gasteiger partial charge in [0.2, 0.25) is 0 Å². The fourth-order valence-electron chi connectivity index (χ4n) is 3.34. The van der Waals surface area contributed by atoms with Crippen molar-refractivity contribution in [3.63, 3.8) is 0 Å². The van der Waals surface area contributed by atoms with Crippen molar-refractivity contribution >= 4 is 11.6 Å². The van der Waals surface area contributed by atoms with Gasteiger partial charge in [-0.2, -0.15) is 0 Å². The van der Waals surface area contributed by atoms with Crippen LogP contribution in [-0.4, -0.2) is 19.0 Å². The fraction of sp³-hybridized carbons (Fsp3) is 0.333. The van der Waals surface area contributed by atoms with Crippen molar-refractivity contribution in [3.05, 3.63) is 70.2 Å². The van der Waals surface area contributed by atoms with Gasteiger partial charge in [0.1, 0.15) is 0 Å². The molecule has 0 aromatic heterocycles. The first-order chi connectivity index (χ1) is 9.66. The Labute approximate surface area is 126 Å². The standard InChI is InChI=1S/C18H20ClN/c1-20(2)18-12-11-15(13-7-9-14(19)10-8-13)16-5-3-4-6-17(16)18/h3-10,15,18H,11-12H2,1-2H3/t15-,18-/m0/s1. The van der Waals surface area contributed by atoms with Crippen LogP contribution in [0, 0.1) is 0 Å². The third-order valence-corrected chi connectivity index (χ3v) is 4.61. The van der Waals surface area contributed by atoms with Gasteiger partial charge in [0.15, 0.2) is 0 Å². The van der Waals surface area contributed by atoms with E-state index >= 15 is 0 Å². The van der Waals surface area contributed by atoms with Crippen molar-refractivity contribution < 1.29 is 0 Å². The van der Waals surface area contributed by atoms with Crippen LogP contribution in [0.15, 0.2) is 48.5 Å². The van der Waals surface area contributed by atoms with Gasteiger partial charge in [-0.25, -0.2) is 0 Å². The topological polar surface area (TPSA) is 3.24 Å². The van der Waals surface area contributed by atoms with Crippen LogP contribution in [0.2, 0.25) is 5.02 Å². The molecule has 2 atom stereocenters. The van der Waals surface area contributed by atoms with E-state index < -0.39 is 0 Å². The quantitative estimate of drug-likeness (QED) is 0.761. The maximum Gasteiger partial charge on any atom is 0.0406 e. The summed E-state index contributed by atoms with van der Waals surface area (Å²) in [5.41, 5.74) is 4.32. The Hall–Kier alpha value is -1.31. The Kier molecular flexibility index (Phi) is 3.82. The van der Waals surface area contributed by atoms with Crippen LogP contribution in [-0.2, 0) is 0 Å². The van der Waals surface area contributed by atoms with Crippen LogP contribution >= 0.6 is 11.6 Å². The molecule has 1 aliphatic carbocycles. The maximum atomic E-state index is 6.01. The summed E-state index contributed by atoms with van der Waals surface area (Å²) in [6.45, 7) is 0.